The number of rotatable bonds is 4. The molecule has 3 rings (SSSR count). The number of amides is 2. The molecule has 146 valence electrons. The van der Waals surface area contributed by atoms with E-state index in [0.717, 1.165) is 5.56 Å². The van der Waals surface area contributed by atoms with Crippen LogP contribution in [0.25, 0.3) is 0 Å². The molecule has 2 aromatic rings. The van der Waals surface area contributed by atoms with Gasteiger partial charge in [0, 0.05) is 44.2 Å². The number of piperidine rings is 1. The molecule has 1 aliphatic heterocycles. The fourth-order valence-electron chi connectivity index (χ4n) is 3.59. The molecule has 2 amide bonds. The monoisotopic (exact) mass is 378 g/mol. The second-order valence-corrected chi connectivity index (χ2v) is 7.54. The first-order valence-electron chi connectivity index (χ1n) is 9.59. The Morgan fingerprint density at radius 3 is 2.04 bits per heavy atom. The van der Waals surface area contributed by atoms with Crippen LogP contribution in [-0.2, 0) is 4.79 Å². The van der Waals surface area contributed by atoms with Crippen molar-refractivity contribution in [1.29, 1.82) is 0 Å². The van der Waals surface area contributed by atoms with E-state index in [-0.39, 0.29) is 23.5 Å². The van der Waals surface area contributed by atoms with Gasteiger partial charge in [-0.1, -0.05) is 48.0 Å². The minimum absolute atomic E-state index is 0.0384. The maximum atomic E-state index is 13.1. The lowest BCUT2D eigenvalue weighted by atomic mass is 9.93. The zero-order chi connectivity index (χ0) is 20.3. The molecule has 0 N–H and O–H groups in total. The number of carbonyl (C=O) groups excluding carboxylic acids is 3. The fourth-order valence-corrected chi connectivity index (χ4v) is 3.59. The van der Waals surface area contributed by atoms with Gasteiger partial charge in [-0.05, 0) is 25.8 Å². The molecule has 28 heavy (non-hydrogen) atoms. The Labute approximate surface area is 166 Å². The van der Waals surface area contributed by atoms with Crippen LogP contribution in [0.1, 0.15) is 44.7 Å². The van der Waals surface area contributed by atoms with Gasteiger partial charge in [-0.15, -0.1) is 0 Å². The quantitative estimate of drug-likeness (QED) is 0.768. The summed E-state index contributed by atoms with van der Waals surface area (Å²) in [5, 5.41) is 0. The van der Waals surface area contributed by atoms with Crippen molar-refractivity contribution >= 4 is 17.6 Å². The Balaban J connectivity index is 1.78. The van der Waals surface area contributed by atoms with Crippen LogP contribution < -0.4 is 0 Å². The largest absolute Gasteiger partial charge is 0.349 e. The van der Waals surface area contributed by atoms with Crippen LogP contribution in [0.15, 0.2) is 48.5 Å². The first-order chi connectivity index (χ1) is 13.4. The summed E-state index contributed by atoms with van der Waals surface area (Å²) in [4.78, 5) is 41.6. The number of hydrogen-bond acceptors (Lipinski definition) is 3. The summed E-state index contributed by atoms with van der Waals surface area (Å²) in [5.41, 5.74) is 2.49. The van der Waals surface area contributed by atoms with Crippen molar-refractivity contribution in [3.63, 3.8) is 0 Å². The van der Waals surface area contributed by atoms with Gasteiger partial charge in [0.2, 0.25) is 5.91 Å². The van der Waals surface area contributed by atoms with Gasteiger partial charge in [0.25, 0.3) is 5.91 Å². The second-order valence-electron chi connectivity index (χ2n) is 7.54. The molecule has 1 heterocycles. The third kappa shape index (κ3) is 4.14. The highest BCUT2D eigenvalue weighted by molar-refractivity contribution is 6.15. The number of aryl methyl sites for hydroxylation is 1. The first kappa shape index (κ1) is 19.8. The van der Waals surface area contributed by atoms with Gasteiger partial charge in [0.1, 0.15) is 0 Å². The number of carbonyl (C=O) groups is 3. The predicted molar refractivity (Wildman–Crippen MR) is 108 cm³/mol. The molecule has 0 saturated carbocycles. The van der Waals surface area contributed by atoms with Crippen LogP contribution in [0.4, 0.5) is 0 Å². The van der Waals surface area contributed by atoms with Crippen molar-refractivity contribution in [3.05, 3.63) is 70.8 Å². The highest BCUT2D eigenvalue weighted by atomic mass is 16.2. The molecule has 0 bridgehead atoms. The van der Waals surface area contributed by atoms with E-state index in [4.69, 9.17) is 0 Å². The number of likely N-dealkylation sites (tertiary alicyclic amines) is 1. The van der Waals surface area contributed by atoms with E-state index in [1.807, 2.05) is 19.1 Å². The summed E-state index contributed by atoms with van der Waals surface area (Å²) in [6.45, 7) is 3.02. The van der Waals surface area contributed by atoms with Crippen LogP contribution in [-0.4, -0.2) is 54.6 Å². The second kappa shape index (κ2) is 8.38. The van der Waals surface area contributed by atoms with E-state index in [0.29, 0.717) is 42.6 Å². The maximum Gasteiger partial charge on any atom is 0.254 e. The lowest BCUT2D eigenvalue weighted by Gasteiger charge is -2.32. The highest BCUT2D eigenvalue weighted by Gasteiger charge is 2.30. The Morgan fingerprint density at radius 2 is 1.46 bits per heavy atom. The highest BCUT2D eigenvalue weighted by Crippen LogP contribution is 2.23. The molecule has 1 aliphatic rings. The maximum absolute atomic E-state index is 13.1. The molecule has 0 aromatic heterocycles. The van der Waals surface area contributed by atoms with E-state index in [1.54, 1.807) is 60.3 Å². The van der Waals surface area contributed by atoms with Crippen LogP contribution in [0.5, 0.6) is 0 Å². The van der Waals surface area contributed by atoms with Crippen molar-refractivity contribution in [3.8, 4) is 0 Å². The van der Waals surface area contributed by atoms with E-state index in [9.17, 15) is 14.4 Å². The molecule has 0 unspecified atom stereocenters. The first-order valence-corrected chi connectivity index (χ1v) is 9.59. The Kier molecular flexibility index (Phi) is 5.93. The van der Waals surface area contributed by atoms with Crippen LogP contribution in [0.3, 0.4) is 0 Å². The molecule has 1 saturated heterocycles. The lowest BCUT2D eigenvalue weighted by molar-refractivity contribution is -0.134. The molecular formula is C23H26N2O3. The molecule has 0 spiro atoms. The van der Waals surface area contributed by atoms with Crippen molar-refractivity contribution in [1.82, 2.24) is 9.80 Å². The smallest absolute Gasteiger partial charge is 0.254 e. The van der Waals surface area contributed by atoms with E-state index in [2.05, 4.69) is 0 Å². The molecule has 2 aromatic carbocycles. The summed E-state index contributed by atoms with van der Waals surface area (Å²) in [5.74, 6) is -0.223. The number of hydrogen-bond donors (Lipinski definition) is 0. The average Bonchev–Trinajstić information content (AvgIpc) is 2.72. The summed E-state index contributed by atoms with van der Waals surface area (Å²) >= 11 is 0. The van der Waals surface area contributed by atoms with Crippen molar-refractivity contribution in [2.24, 2.45) is 5.92 Å². The summed E-state index contributed by atoms with van der Waals surface area (Å²) in [6, 6.07) is 14.3. The van der Waals surface area contributed by atoms with Crippen molar-refractivity contribution in [2.45, 2.75) is 19.8 Å². The standard InChI is InChI=1S/C23H26N2O3/c1-16-8-10-17(11-9-16)21(26)19-6-4-5-7-20(19)23(28)25-14-12-18(13-15-25)22(27)24(2)3/h4-11,18H,12-15H2,1-3H3. The van der Waals surface area contributed by atoms with Gasteiger partial charge >= 0.3 is 0 Å². The van der Waals surface area contributed by atoms with E-state index < -0.39 is 0 Å². The predicted octanol–water partition coefficient (Wildman–Crippen LogP) is 3.17. The third-order valence-corrected chi connectivity index (χ3v) is 5.29. The van der Waals surface area contributed by atoms with Crippen LogP contribution in [0.2, 0.25) is 0 Å². The molecule has 1 fully saturated rings. The van der Waals surface area contributed by atoms with Crippen molar-refractivity contribution < 1.29 is 14.4 Å². The summed E-state index contributed by atoms with van der Waals surface area (Å²) in [7, 11) is 3.51. The topological polar surface area (TPSA) is 57.7 Å². The third-order valence-electron chi connectivity index (χ3n) is 5.29. The summed E-state index contributed by atoms with van der Waals surface area (Å²) < 4.78 is 0. The lowest BCUT2D eigenvalue weighted by Crippen LogP contribution is -2.43. The van der Waals surface area contributed by atoms with Crippen LogP contribution >= 0.6 is 0 Å². The molecule has 5 heteroatoms. The number of nitrogens with zero attached hydrogens (tertiary/aromatic N) is 2. The van der Waals surface area contributed by atoms with Gasteiger partial charge < -0.3 is 9.80 Å². The SMILES string of the molecule is Cc1ccc(C(=O)c2ccccc2C(=O)N2CCC(C(=O)N(C)C)CC2)cc1. The van der Waals surface area contributed by atoms with Crippen molar-refractivity contribution in [2.75, 3.05) is 27.2 Å². The van der Waals surface area contributed by atoms with Crippen LogP contribution in [0, 0.1) is 12.8 Å². The summed E-state index contributed by atoms with van der Waals surface area (Å²) in [6.07, 6.45) is 1.30. The van der Waals surface area contributed by atoms with Gasteiger partial charge in [0.05, 0.1) is 5.56 Å². The number of ketones is 1. The van der Waals surface area contributed by atoms with Gasteiger partial charge in [-0.2, -0.15) is 0 Å². The van der Waals surface area contributed by atoms with Gasteiger partial charge in [0.15, 0.2) is 5.78 Å². The minimum Gasteiger partial charge on any atom is -0.349 e. The zero-order valence-corrected chi connectivity index (χ0v) is 16.6. The van der Waals surface area contributed by atoms with Gasteiger partial charge in [-0.25, -0.2) is 0 Å². The number of benzene rings is 2. The molecule has 0 aliphatic carbocycles. The zero-order valence-electron chi connectivity index (χ0n) is 16.6. The Hall–Kier alpha value is -2.95. The molecule has 5 nitrogen and oxygen atoms in total. The van der Waals surface area contributed by atoms with E-state index >= 15 is 0 Å². The molecule has 0 radical (unpaired) electrons. The fraction of sp³-hybridized carbons (Fsp3) is 0.348. The molecular weight excluding hydrogens is 352 g/mol. The normalized spacial score (nSPS) is 14.6. The van der Waals surface area contributed by atoms with E-state index in [1.165, 1.54) is 0 Å². The molecule has 0 atom stereocenters. The van der Waals surface area contributed by atoms with Gasteiger partial charge in [-0.3, -0.25) is 14.4 Å². The Morgan fingerprint density at radius 1 is 0.893 bits per heavy atom. The minimum atomic E-state index is -0.151. The Bertz CT molecular complexity index is 879. The average molecular weight is 378 g/mol.